The smallest absolute Gasteiger partial charge is 0.357 e. The Bertz CT molecular complexity index is 658. The molecule has 0 fully saturated rings. The number of fused-ring (bicyclic) bond motifs is 1. The Morgan fingerprint density at radius 2 is 1.29 bits per heavy atom. The lowest BCUT2D eigenvalue weighted by atomic mass is 10.2. The molecule has 0 bridgehead atoms. The second-order valence-corrected chi connectivity index (χ2v) is 5.42. The average Bonchev–Trinajstić information content (AvgIpc) is 2.61. The number of carbonyl (C=O) groups is 2. The first-order chi connectivity index (χ1) is 11.7. The first kappa shape index (κ1) is 17.8. The lowest BCUT2D eigenvalue weighted by Gasteiger charge is -2.06. The van der Waals surface area contributed by atoms with Gasteiger partial charge in [-0.1, -0.05) is 26.7 Å². The second kappa shape index (κ2) is 8.96. The number of nitrogens with zero attached hydrogens (tertiary/aromatic N) is 2. The van der Waals surface area contributed by atoms with E-state index >= 15 is 0 Å². The van der Waals surface area contributed by atoms with Gasteiger partial charge in [0.05, 0.1) is 13.2 Å². The van der Waals surface area contributed by atoms with Gasteiger partial charge in [-0.05, 0) is 37.1 Å². The maximum absolute atomic E-state index is 12.0. The molecule has 2 heterocycles. The Morgan fingerprint density at radius 1 is 0.833 bits per heavy atom. The van der Waals surface area contributed by atoms with E-state index < -0.39 is 11.9 Å². The van der Waals surface area contributed by atoms with Crippen molar-refractivity contribution in [3.63, 3.8) is 0 Å². The topological polar surface area (TPSA) is 78.4 Å². The Balaban J connectivity index is 2.14. The predicted octanol–water partition coefficient (Wildman–Crippen LogP) is 3.54. The highest BCUT2D eigenvalue weighted by Crippen LogP contribution is 2.13. The molecule has 0 aromatic carbocycles. The van der Waals surface area contributed by atoms with Crippen LogP contribution in [0, 0.1) is 0 Å². The molecule has 0 aliphatic carbocycles. The van der Waals surface area contributed by atoms with E-state index in [1.54, 1.807) is 24.3 Å². The largest absolute Gasteiger partial charge is 0.461 e. The summed E-state index contributed by atoms with van der Waals surface area (Å²) in [5.74, 6) is -0.967. The molecule has 0 atom stereocenters. The second-order valence-electron chi connectivity index (χ2n) is 5.42. The average molecular weight is 330 g/mol. The zero-order valence-corrected chi connectivity index (χ0v) is 14.1. The van der Waals surface area contributed by atoms with Crippen LogP contribution in [-0.2, 0) is 9.47 Å². The molecule has 2 aromatic rings. The van der Waals surface area contributed by atoms with E-state index in [1.165, 1.54) is 0 Å². The normalized spacial score (nSPS) is 10.6. The van der Waals surface area contributed by atoms with E-state index in [2.05, 4.69) is 9.97 Å². The standard InChI is InChI=1S/C18H22N2O4/c1-3-5-11-23-17(21)14-9-7-13-8-10-15(20-16(13)19-14)18(22)24-12-6-4-2/h7-10H,3-6,11-12H2,1-2H3. The van der Waals surface area contributed by atoms with Crippen molar-refractivity contribution in [2.24, 2.45) is 0 Å². The van der Waals surface area contributed by atoms with Crippen molar-refractivity contribution in [1.29, 1.82) is 0 Å². The quantitative estimate of drug-likeness (QED) is 0.544. The summed E-state index contributed by atoms with van der Waals surface area (Å²) in [5, 5.41) is 0.741. The SMILES string of the molecule is CCCCOC(=O)c1ccc2ccc(C(=O)OCCCC)nc2n1. The maximum Gasteiger partial charge on any atom is 0.357 e. The number of carbonyl (C=O) groups excluding carboxylic acids is 2. The highest BCUT2D eigenvalue weighted by atomic mass is 16.5. The molecule has 2 aromatic heterocycles. The minimum atomic E-state index is -0.483. The molecule has 0 saturated carbocycles. The fourth-order valence-corrected chi connectivity index (χ4v) is 1.99. The number of rotatable bonds is 8. The van der Waals surface area contributed by atoms with Crippen molar-refractivity contribution in [2.45, 2.75) is 39.5 Å². The molecule has 6 nitrogen and oxygen atoms in total. The van der Waals surface area contributed by atoms with E-state index in [4.69, 9.17) is 9.47 Å². The lowest BCUT2D eigenvalue weighted by molar-refractivity contribution is 0.0486. The Labute approximate surface area is 141 Å². The van der Waals surface area contributed by atoms with Crippen molar-refractivity contribution in [2.75, 3.05) is 13.2 Å². The molecule has 6 heteroatoms. The molecule has 0 amide bonds. The van der Waals surface area contributed by atoms with Crippen LogP contribution in [0.5, 0.6) is 0 Å². The van der Waals surface area contributed by atoms with Crippen molar-refractivity contribution < 1.29 is 19.1 Å². The van der Waals surface area contributed by atoms with Gasteiger partial charge in [0.25, 0.3) is 0 Å². The number of aromatic nitrogens is 2. The molecule has 0 aliphatic rings. The van der Waals surface area contributed by atoms with Crippen LogP contribution in [0.3, 0.4) is 0 Å². The van der Waals surface area contributed by atoms with Crippen molar-refractivity contribution in [3.8, 4) is 0 Å². The molecule has 2 rings (SSSR count). The van der Waals surface area contributed by atoms with Crippen LogP contribution in [0.15, 0.2) is 24.3 Å². The minimum absolute atomic E-state index is 0.183. The van der Waals surface area contributed by atoms with Gasteiger partial charge in [-0.25, -0.2) is 19.6 Å². The summed E-state index contributed by atoms with van der Waals surface area (Å²) in [6, 6.07) is 6.66. The third kappa shape index (κ3) is 4.75. The van der Waals surface area contributed by atoms with Gasteiger partial charge in [0.2, 0.25) is 0 Å². The third-order valence-corrected chi connectivity index (χ3v) is 3.43. The predicted molar refractivity (Wildman–Crippen MR) is 89.9 cm³/mol. The van der Waals surface area contributed by atoms with Crippen LogP contribution in [0.1, 0.15) is 60.5 Å². The summed E-state index contributed by atoms with van der Waals surface area (Å²) in [4.78, 5) is 32.3. The summed E-state index contributed by atoms with van der Waals surface area (Å²) in [5.41, 5.74) is 0.690. The zero-order valence-electron chi connectivity index (χ0n) is 14.1. The minimum Gasteiger partial charge on any atom is -0.461 e. The number of esters is 2. The van der Waals surface area contributed by atoms with Crippen molar-refractivity contribution >= 4 is 23.0 Å². The van der Waals surface area contributed by atoms with E-state index in [0.717, 1.165) is 31.1 Å². The van der Waals surface area contributed by atoms with E-state index in [0.29, 0.717) is 18.9 Å². The fraction of sp³-hybridized carbons (Fsp3) is 0.444. The van der Waals surface area contributed by atoms with E-state index in [1.807, 2.05) is 13.8 Å². The Hall–Kier alpha value is -2.50. The van der Waals surface area contributed by atoms with Crippen molar-refractivity contribution in [3.05, 3.63) is 35.7 Å². The zero-order chi connectivity index (χ0) is 17.4. The first-order valence-corrected chi connectivity index (χ1v) is 8.27. The summed E-state index contributed by atoms with van der Waals surface area (Å²) >= 11 is 0. The van der Waals surface area contributed by atoms with Gasteiger partial charge in [0, 0.05) is 5.39 Å². The number of hydrogen-bond donors (Lipinski definition) is 0. The maximum atomic E-state index is 12.0. The highest BCUT2D eigenvalue weighted by Gasteiger charge is 2.13. The number of hydrogen-bond acceptors (Lipinski definition) is 6. The van der Waals surface area contributed by atoms with Crippen LogP contribution in [0.25, 0.3) is 11.0 Å². The van der Waals surface area contributed by atoms with Gasteiger partial charge in [-0.15, -0.1) is 0 Å². The summed E-state index contributed by atoms with van der Waals surface area (Å²) in [6.45, 7) is 4.78. The lowest BCUT2D eigenvalue weighted by Crippen LogP contribution is -2.11. The van der Waals surface area contributed by atoms with Crippen LogP contribution >= 0.6 is 0 Å². The van der Waals surface area contributed by atoms with Crippen LogP contribution in [0.4, 0.5) is 0 Å². The highest BCUT2D eigenvalue weighted by molar-refractivity contribution is 5.92. The Kier molecular flexibility index (Phi) is 6.66. The molecule has 0 aliphatic heterocycles. The van der Waals surface area contributed by atoms with Gasteiger partial charge < -0.3 is 9.47 Å². The summed E-state index contributed by atoms with van der Waals surface area (Å²) < 4.78 is 10.3. The summed E-state index contributed by atoms with van der Waals surface area (Å²) in [7, 11) is 0. The van der Waals surface area contributed by atoms with Gasteiger partial charge in [0.1, 0.15) is 0 Å². The molecular weight excluding hydrogens is 308 g/mol. The molecular formula is C18H22N2O4. The van der Waals surface area contributed by atoms with Crippen molar-refractivity contribution in [1.82, 2.24) is 9.97 Å². The number of unbranched alkanes of at least 4 members (excludes halogenated alkanes) is 2. The fourth-order valence-electron chi connectivity index (χ4n) is 1.99. The third-order valence-electron chi connectivity index (χ3n) is 3.43. The molecule has 0 radical (unpaired) electrons. The van der Waals surface area contributed by atoms with Gasteiger partial charge in [0.15, 0.2) is 17.0 Å². The van der Waals surface area contributed by atoms with Gasteiger partial charge >= 0.3 is 11.9 Å². The number of pyridine rings is 2. The Morgan fingerprint density at radius 3 is 1.71 bits per heavy atom. The number of ether oxygens (including phenoxy) is 2. The molecule has 0 unspecified atom stereocenters. The van der Waals surface area contributed by atoms with Gasteiger partial charge in [-0.2, -0.15) is 0 Å². The molecule has 0 N–H and O–H groups in total. The van der Waals surface area contributed by atoms with Gasteiger partial charge in [-0.3, -0.25) is 0 Å². The molecule has 24 heavy (non-hydrogen) atoms. The summed E-state index contributed by atoms with van der Waals surface area (Å²) in [6.07, 6.45) is 3.52. The molecule has 128 valence electrons. The van der Waals surface area contributed by atoms with Crippen LogP contribution in [-0.4, -0.2) is 35.1 Å². The van der Waals surface area contributed by atoms with E-state index in [-0.39, 0.29) is 11.4 Å². The van der Waals surface area contributed by atoms with Crippen LogP contribution < -0.4 is 0 Å². The first-order valence-electron chi connectivity index (χ1n) is 8.27. The van der Waals surface area contributed by atoms with Crippen LogP contribution in [0.2, 0.25) is 0 Å². The molecule has 0 spiro atoms. The molecule has 0 saturated heterocycles. The van der Waals surface area contributed by atoms with E-state index in [9.17, 15) is 9.59 Å². The monoisotopic (exact) mass is 330 g/mol.